The summed E-state index contributed by atoms with van der Waals surface area (Å²) >= 11 is 6.04. The van der Waals surface area contributed by atoms with Gasteiger partial charge in [0, 0.05) is 30.7 Å². The number of ether oxygens (including phenoxy) is 1. The lowest BCUT2D eigenvalue weighted by molar-refractivity contribution is -0.122. The number of halogens is 1. The highest BCUT2D eigenvalue weighted by Crippen LogP contribution is 2.35. The van der Waals surface area contributed by atoms with Crippen LogP contribution in [0.5, 0.6) is 0 Å². The van der Waals surface area contributed by atoms with E-state index in [-0.39, 0.29) is 11.8 Å². The summed E-state index contributed by atoms with van der Waals surface area (Å²) < 4.78 is 5.51. The molecule has 1 aromatic rings. The molecule has 0 aromatic heterocycles. The summed E-state index contributed by atoms with van der Waals surface area (Å²) in [7, 11) is 0. The van der Waals surface area contributed by atoms with Crippen LogP contribution in [0.15, 0.2) is 24.3 Å². The van der Waals surface area contributed by atoms with Gasteiger partial charge in [0.15, 0.2) is 0 Å². The second-order valence-corrected chi connectivity index (χ2v) is 7.65. The van der Waals surface area contributed by atoms with Crippen molar-refractivity contribution >= 4 is 17.5 Å². The van der Waals surface area contributed by atoms with Gasteiger partial charge in [-0.25, -0.2) is 0 Å². The average Bonchev–Trinajstić information content (AvgIpc) is 2.62. The molecule has 1 aromatic carbocycles. The maximum atomic E-state index is 12.6. The molecule has 3 nitrogen and oxygen atoms in total. The molecule has 1 saturated heterocycles. The van der Waals surface area contributed by atoms with Crippen molar-refractivity contribution in [1.82, 2.24) is 5.32 Å². The molecule has 1 amide bonds. The smallest absolute Gasteiger partial charge is 0.220 e. The fourth-order valence-corrected chi connectivity index (χ4v) is 4.24. The molecule has 2 aliphatic rings. The molecule has 1 aliphatic heterocycles. The molecule has 1 saturated carbocycles. The first kappa shape index (κ1) is 17.8. The summed E-state index contributed by atoms with van der Waals surface area (Å²) in [4.78, 5) is 12.6. The van der Waals surface area contributed by atoms with E-state index >= 15 is 0 Å². The lowest BCUT2D eigenvalue weighted by Gasteiger charge is -2.31. The van der Waals surface area contributed by atoms with Crippen LogP contribution in [0.3, 0.4) is 0 Å². The number of rotatable bonds is 5. The Morgan fingerprint density at radius 2 is 1.75 bits per heavy atom. The number of benzene rings is 1. The van der Waals surface area contributed by atoms with E-state index in [1.807, 2.05) is 12.1 Å². The van der Waals surface area contributed by atoms with Crippen LogP contribution in [0.2, 0.25) is 5.02 Å². The zero-order valence-corrected chi connectivity index (χ0v) is 15.1. The topological polar surface area (TPSA) is 38.3 Å². The third-order valence-electron chi connectivity index (χ3n) is 5.51. The number of carbonyl (C=O) groups is 1. The number of hydrogen-bond acceptors (Lipinski definition) is 2. The van der Waals surface area contributed by atoms with E-state index in [0.717, 1.165) is 43.9 Å². The maximum Gasteiger partial charge on any atom is 0.220 e. The molecule has 1 heterocycles. The number of amides is 1. The highest BCUT2D eigenvalue weighted by atomic mass is 35.5. The van der Waals surface area contributed by atoms with Crippen LogP contribution >= 0.6 is 11.6 Å². The highest BCUT2D eigenvalue weighted by molar-refractivity contribution is 6.30. The summed E-state index contributed by atoms with van der Waals surface area (Å²) in [5.41, 5.74) is 1.23. The minimum absolute atomic E-state index is 0.202. The lowest BCUT2D eigenvalue weighted by atomic mass is 9.79. The Morgan fingerprint density at radius 1 is 1.08 bits per heavy atom. The summed E-state index contributed by atoms with van der Waals surface area (Å²) in [6, 6.07) is 8.41. The van der Waals surface area contributed by atoms with E-state index < -0.39 is 0 Å². The van der Waals surface area contributed by atoms with Gasteiger partial charge in [0.05, 0.1) is 0 Å². The van der Waals surface area contributed by atoms with Crippen LogP contribution in [0, 0.1) is 5.92 Å². The van der Waals surface area contributed by atoms with E-state index in [4.69, 9.17) is 16.3 Å². The van der Waals surface area contributed by atoms with Crippen molar-refractivity contribution in [1.29, 1.82) is 0 Å². The minimum Gasteiger partial charge on any atom is -0.381 e. The predicted octanol–water partition coefficient (Wildman–Crippen LogP) is 4.69. The maximum absolute atomic E-state index is 12.6. The van der Waals surface area contributed by atoms with Crippen LogP contribution in [0.25, 0.3) is 0 Å². The van der Waals surface area contributed by atoms with Crippen molar-refractivity contribution in [3.05, 3.63) is 34.9 Å². The standard InChI is InChI=1S/C20H28ClNO2/c21-17-8-6-15(7-9-17)19(16-10-12-24-13-11-16)14-20(23)22-18-4-2-1-3-5-18/h6-9,16,18-19H,1-5,10-14H2,(H,22,23). The van der Waals surface area contributed by atoms with Gasteiger partial charge >= 0.3 is 0 Å². The van der Waals surface area contributed by atoms with Crippen LogP contribution in [0.1, 0.15) is 62.8 Å². The van der Waals surface area contributed by atoms with E-state index in [2.05, 4.69) is 17.4 Å². The molecule has 132 valence electrons. The fourth-order valence-electron chi connectivity index (χ4n) is 4.12. The van der Waals surface area contributed by atoms with E-state index in [9.17, 15) is 4.79 Å². The van der Waals surface area contributed by atoms with Crippen LogP contribution in [-0.4, -0.2) is 25.2 Å². The molecule has 1 aliphatic carbocycles. The van der Waals surface area contributed by atoms with Gasteiger partial charge in [0.2, 0.25) is 5.91 Å². The summed E-state index contributed by atoms with van der Waals surface area (Å²) in [5, 5.41) is 4.02. The molecule has 1 atom stereocenters. The third-order valence-corrected chi connectivity index (χ3v) is 5.76. The Bertz CT molecular complexity index is 519. The van der Waals surface area contributed by atoms with Gasteiger partial charge in [-0.3, -0.25) is 4.79 Å². The highest BCUT2D eigenvalue weighted by Gasteiger charge is 2.28. The zero-order chi connectivity index (χ0) is 16.8. The van der Waals surface area contributed by atoms with Gasteiger partial charge in [-0.15, -0.1) is 0 Å². The quantitative estimate of drug-likeness (QED) is 0.837. The Morgan fingerprint density at radius 3 is 2.42 bits per heavy atom. The van der Waals surface area contributed by atoms with Crippen molar-refractivity contribution < 1.29 is 9.53 Å². The number of carbonyl (C=O) groups excluding carboxylic acids is 1. The van der Waals surface area contributed by atoms with Crippen molar-refractivity contribution in [2.75, 3.05) is 13.2 Å². The lowest BCUT2D eigenvalue weighted by Crippen LogP contribution is -2.37. The van der Waals surface area contributed by atoms with Crippen molar-refractivity contribution in [2.45, 2.75) is 63.3 Å². The minimum atomic E-state index is 0.202. The molecule has 1 N–H and O–H groups in total. The Labute approximate surface area is 150 Å². The molecule has 2 fully saturated rings. The third kappa shape index (κ3) is 4.97. The normalized spacial score (nSPS) is 21.4. The fraction of sp³-hybridized carbons (Fsp3) is 0.650. The number of nitrogens with one attached hydrogen (secondary N) is 1. The van der Waals surface area contributed by atoms with Gasteiger partial charge in [-0.1, -0.05) is 43.0 Å². The van der Waals surface area contributed by atoms with Gasteiger partial charge in [-0.05, 0) is 55.2 Å². The van der Waals surface area contributed by atoms with E-state index in [1.165, 1.54) is 24.8 Å². The molecule has 0 spiro atoms. The summed E-state index contributed by atoms with van der Waals surface area (Å²) in [6.07, 6.45) is 8.69. The first-order chi connectivity index (χ1) is 11.7. The largest absolute Gasteiger partial charge is 0.381 e. The SMILES string of the molecule is O=C(CC(c1ccc(Cl)cc1)C1CCOCC1)NC1CCCCC1. The summed E-state index contributed by atoms with van der Waals surface area (Å²) in [5.74, 6) is 0.972. The summed E-state index contributed by atoms with van der Waals surface area (Å²) in [6.45, 7) is 1.61. The van der Waals surface area contributed by atoms with Crippen molar-refractivity contribution in [2.24, 2.45) is 5.92 Å². The van der Waals surface area contributed by atoms with E-state index in [0.29, 0.717) is 18.4 Å². The monoisotopic (exact) mass is 349 g/mol. The predicted molar refractivity (Wildman–Crippen MR) is 97.4 cm³/mol. The Kier molecular flexibility index (Phi) is 6.56. The van der Waals surface area contributed by atoms with Crippen LogP contribution < -0.4 is 5.32 Å². The molecular formula is C20H28ClNO2. The van der Waals surface area contributed by atoms with Gasteiger partial charge in [-0.2, -0.15) is 0 Å². The molecule has 24 heavy (non-hydrogen) atoms. The average molecular weight is 350 g/mol. The van der Waals surface area contributed by atoms with E-state index in [1.54, 1.807) is 0 Å². The first-order valence-corrected chi connectivity index (χ1v) is 9.73. The van der Waals surface area contributed by atoms with Gasteiger partial charge < -0.3 is 10.1 Å². The molecule has 4 heteroatoms. The van der Waals surface area contributed by atoms with Crippen molar-refractivity contribution in [3.8, 4) is 0 Å². The second-order valence-electron chi connectivity index (χ2n) is 7.21. The molecule has 1 unspecified atom stereocenters. The van der Waals surface area contributed by atoms with Crippen LogP contribution in [-0.2, 0) is 9.53 Å². The molecule has 3 rings (SSSR count). The first-order valence-electron chi connectivity index (χ1n) is 9.35. The van der Waals surface area contributed by atoms with Crippen molar-refractivity contribution in [3.63, 3.8) is 0 Å². The van der Waals surface area contributed by atoms with Gasteiger partial charge in [0.25, 0.3) is 0 Å². The molecule has 0 radical (unpaired) electrons. The van der Waals surface area contributed by atoms with Gasteiger partial charge in [0.1, 0.15) is 0 Å². The molecule has 0 bridgehead atoms. The zero-order valence-electron chi connectivity index (χ0n) is 14.3. The Hall–Kier alpha value is -1.06. The second kappa shape index (κ2) is 8.87. The Balaban J connectivity index is 1.66. The number of hydrogen-bond donors (Lipinski definition) is 1. The van der Waals surface area contributed by atoms with Crippen LogP contribution in [0.4, 0.5) is 0 Å². The molecular weight excluding hydrogens is 322 g/mol.